The molecule has 0 aliphatic carbocycles. The first-order valence-corrected chi connectivity index (χ1v) is 10.2. The van der Waals surface area contributed by atoms with E-state index >= 15 is 0 Å². The van der Waals surface area contributed by atoms with Gasteiger partial charge in [-0.25, -0.2) is 4.79 Å². The maximum Gasteiger partial charge on any atom is 0.323 e. The first-order valence-electron chi connectivity index (χ1n) is 8.40. The predicted octanol–water partition coefficient (Wildman–Crippen LogP) is 6.03. The van der Waals surface area contributed by atoms with Crippen LogP contribution in [0.2, 0.25) is 0 Å². The summed E-state index contributed by atoms with van der Waals surface area (Å²) in [5, 5.41) is 3.07. The molecule has 2 amide bonds. The van der Waals surface area contributed by atoms with E-state index in [4.69, 9.17) is 0 Å². The number of anilines is 1. The zero-order chi connectivity index (χ0) is 18.0. The van der Waals surface area contributed by atoms with E-state index in [2.05, 4.69) is 66.3 Å². The number of halogens is 1. The molecular formula is C20H23BrN2OS. The van der Waals surface area contributed by atoms with Crippen molar-refractivity contribution in [2.45, 2.75) is 31.6 Å². The second-order valence-electron chi connectivity index (χ2n) is 7.23. The van der Waals surface area contributed by atoms with Crippen LogP contribution in [0.5, 0.6) is 0 Å². The molecule has 0 spiro atoms. The minimum absolute atomic E-state index is 0.0442. The summed E-state index contributed by atoms with van der Waals surface area (Å²) in [6.07, 6.45) is 0. The molecule has 3 nitrogen and oxygen atoms in total. The minimum atomic E-state index is -0.0442. The van der Waals surface area contributed by atoms with Crippen LogP contribution < -0.4 is 5.32 Å². The number of hydrogen-bond donors (Lipinski definition) is 1. The van der Waals surface area contributed by atoms with Gasteiger partial charge in [-0.3, -0.25) is 0 Å². The molecule has 2 aromatic rings. The Hall–Kier alpha value is -1.46. The highest BCUT2D eigenvalue weighted by Crippen LogP contribution is 2.38. The third-order valence-corrected chi connectivity index (χ3v) is 6.10. The van der Waals surface area contributed by atoms with E-state index in [0.717, 1.165) is 22.5 Å². The molecule has 5 heteroatoms. The Labute approximate surface area is 162 Å². The van der Waals surface area contributed by atoms with Crippen LogP contribution in [-0.2, 0) is 5.41 Å². The first kappa shape index (κ1) is 18.3. The van der Waals surface area contributed by atoms with Crippen LogP contribution in [0.3, 0.4) is 0 Å². The number of nitrogens with zero attached hydrogens (tertiary/aromatic N) is 1. The molecule has 0 radical (unpaired) electrons. The molecule has 1 saturated heterocycles. The molecule has 1 fully saturated rings. The monoisotopic (exact) mass is 418 g/mol. The van der Waals surface area contributed by atoms with Gasteiger partial charge in [0.25, 0.3) is 0 Å². The van der Waals surface area contributed by atoms with Gasteiger partial charge >= 0.3 is 6.03 Å². The Balaban J connectivity index is 1.73. The lowest BCUT2D eigenvalue weighted by molar-refractivity contribution is 0.214. The number of nitrogens with one attached hydrogen (secondary N) is 1. The number of carbonyl (C=O) groups is 1. The van der Waals surface area contributed by atoms with Crippen molar-refractivity contribution in [1.82, 2.24) is 4.90 Å². The fraction of sp³-hybridized carbons (Fsp3) is 0.350. The average Bonchev–Trinajstić information content (AvgIpc) is 3.06. The summed E-state index contributed by atoms with van der Waals surface area (Å²) in [6, 6.07) is 16.3. The minimum Gasteiger partial charge on any atom is -0.308 e. The van der Waals surface area contributed by atoms with Gasteiger partial charge in [0.15, 0.2) is 0 Å². The number of carbonyl (C=O) groups excluding carboxylic acids is 1. The predicted molar refractivity (Wildman–Crippen MR) is 110 cm³/mol. The molecule has 1 heterocycles. The van der Waals surface area contributed by atoms with E-state index < -0.39 is 0 Å². The van der Waals surface area contributed by atoms with Crippen molar-refractivity contribution in [3.8, 4) is 0 Å². The van der Waals surface area contributed by atoms with Crippen molar-refractivity contribution in [2.75, 3.05) is 17.6 Å². The lowest BCUT2D eigenvalue weighted by Crippen LogP contribution is -2.34. The van der Waals surface area contributed by atoms with Crippen LogP contribution >= 0.6 is 27.7 Å². The van der Waals surface area contributed by atoms with Crippen LogP contribution in [0.4, 0.5) is 10.5 Å². The number of urea groups is 1. The standard InChI is InChI=1S/C20H23BrN2OS/c1-20(2,3)15-6-4-14(5-7-15)18-23(12-13-25-18)19(24)22-17-10-8-16(21)9-11-17/h4-11,18H,12-13H2,1-3H3,(H,22,24). The smallest absolute Gasteiger partial charge is 0.308 e. The zero-order valence-electron chi connectivity index (χ0n) is 14.8. The molecule has 1 aliphatic rings. The Morgan fingerprint density at radius 2 is 1.76 bits per heavy atom. The van der Waals surface area contributed by atoms with E-state index in [-0.39, 0.29) is 16.8 Å². The molecule has 25 heavy (non-hydrogen) atoms. The number of hydrogen-bond acceptors (Lipinski definition) is 2. The van der Waals surface area contributed by atoms with Crippen LogP contribution in [0.15, 0.2) is 53.0 Å². The van der Waals surface area contributed by atoms with Crippen LogP contribution in [0.1, 0.15) is 37.3 Å². The van der Waals surface area contributed by atoms with Crippen LogP contribution in [0, 0.1) is 0 Å². The lowest BCUT2D eigenvalue weighted by Gasteiger charge is -2.25. The summed E-state index contributed by atoms with van der Waals surface area (Å²) in [5.74, 6) is 0.958. The number of amides is 2. The van der Waals surface area contributed by atoms with E-state index in [1.165, 1.54) is 11.1 Å². The third kappa shape index (κ3) is 4.39. The molecule has 2 aromatic carbocycles. The van der Waals surface area contributed by atoms with E-state index in [0.29, 0.717) is 0 Å². The highest BCUT2D eigenvalue weighted by molar-refractivity contribution is 9.10. The molecule has 1 atom stereocenters. The van der Waals surface area contributed by atoms with E-state index in [9.17, 15) is 4.79 Å². The summed E-state index contributed by atoms with van der Waals surface area (Å²) in [4.78, 5) is 14.6. The molecule has 0 aromatic heterocycles. The second-order valence-corrected chi connectivity index (χ2v) is 9.33. The first-order chi connectivity index (χ1) is 11.8. The Bertz CT molecular complexity index is 738. The third-order valence-electron chi connectivity index (χ3n) is 4.31. The molecule has 3 rings (SSSR count). The van der Waals surface area contributed by atoms with Gasteiger partial charge in [0, 0.05) is 22.5 Å². The topological polar surface area (TPSA) is 32.3 Å². The van der Waals surface area contributed by atoms with Crippen LogP contribution in [0.25, 0.3) is 0 Å². The van der Waals surface area contributed by atoms with Crippen LogP contribution in [-0.4, -0.2) is 23.2 Å². The fourth-order valence-electron chi connectivity index (χ4n) is 2.83. The summed E-state index contributed by atoms with van der Waals surface area (Å²) >= 11 is 5.23. The van der Waals surface area contributed by atoms with Gasteiger partial charge in [-0.1, -0.05) is 61.0 Å². The lowest BCUT2D eigenvalue weighted by atomic mass is 9.87. The number of benzene rings is 2. The molecule has 0 bridgehead atoms. The molecule has 1 unspecified atom stereocenters. The highest BCUT2D eigenvalue weighted by Gasteiger charge is 2.31. The second kappa shape index (κ2) is 7.42. The van der Waals surface area contributed by atoms with Gasteiger partial charge in [0.05, 0.1) is 0 Å². The maximum atomic E-state index is 12.7. The molecule has 0 saturated carbocycles. The van der Waals surface area contributed by atoms with Gasteiger partial charge < -0.3 is 10.2 Å². The van der Waals surface area contributed by atoms with Crippen molar-refractivity contribution >= 4 is 39.4 Å². The summed E-state index contributed by atoms with van der Waals surface area (Å²) < 4.78 is 0.999. The van der Waals surface area contributed by atoms with Gasteiger partial charge in [0.1, 0.15) is 5.37 Å². The van der Waals surface area contributed by atoms with Gasteiger partial charge in [-0.2, -0.15) is 0 Å². The highest BCUT2D eigenvalue weighted by atomic mass is 79.9. The SMILES string of the molecule is CC(C)(C)c1ccc(C2SCCN2C(=O)Nc2ccc(Br)cc2)cc1. The quantitative estimate of drug-likeness (QED) is 0.645. The van der Waals surface area contributed by atoms with Gasteiger partial charge in [0.2, 0.25) is 0 Å². The van der Waals surface area contributed by atoms with Crippen molar-refractivity contribution in [3.63, 3.8) is 0 Å². The summed E-state index contributed by atoms with van der Waals surface area (Å²) in [6.45, 7) is 7.40. The Morgan fingerprint density at radius 3 is 2.36 bits per heavy atom. The van der Waals surface area contributed by atoms with Gasteiger partial charge in [-0.15, -0.1) is 11.8 Å². The van der Waals surface area contributed by atoms with Crippen molar-refractivity contribution in [2.24, 2.45) is 0 Å². The Morgan fingerprint density at radius 1 is 1.12 bits per heavy atom. The summed E-state index contributed by atoms with van der Waals surface area (Å²) in [5.41, 5.74) is 3.44. The number of rotatable bonds is 2. The molecule has 1 N–H and O–H groups in total. The summed E-state index contributed by atoms with van der Waals surface area (Å²) in [7, 11) is 0. The largest absolute Gasteiger partial charge is 0.323 e. The maximum absolute atomic E-state index is 12.7. The zero-order valence-corrected chi connectivity index (χ0v) is 17.2. The average molecular weight is 419 g/mol. The van der Waals surface area contributed by atoms with Gasteiger partial charge in [-0.05, 0) is 40.8 Å². The van der Waals surface area contributed by atoms with Crippen molar-refractivity contribution < 1.29 is 4.79 Å². The molecular weight excluding hydrogens is 396 g/mol. The van der Waals surface area contributed by atoms with E-state index in [1.54, 1.807) is 0 Å². The van der Waals surface area contributed by atoms with Crippen molar-refractivity contribution in [3.05, 3.63) is 64.1 Å². The number of thioether (sulfide) groups is 1. The van der Waals surface area contributed by atoms with Crippen molar-refractivity contribution in [1.29, 1.82) is 0 Å². The molecule has 132 valence electrons. The fourth-order valence-corrected chi connectivity index (χ4v) is 4.35. The molecule has 1 aliphatic heterocycles. The normalized spacial score (nSPS) is 17.6. The van der Waals surface area contributed by atoms with E-state index in [1.807, 2.05) is 40.9 Å². The Kier molecular flexibility index (Phi) is 5.44.